The van der Waals surface area contributed by atoms with Crippen LogP contribution in [0.4, 0.5) is 22.7 Å². The zero-order chi connectivity index (χ0) is 48.3. The van der Waals surface area contributed by atoms with E-state index in [0.717, 1.165) is 61.9 Å². The van der Waals surface area contributed by atoms with Crippen molar-refractivity contribution in [3.8, 4) is 39.6 Å². The molecule has 3 aliphatic rings. The Hall–Kier alpha value is -7.92. The van der Waals surface area contributed by atoms with Gasteiger partial charge in [0, 0.05) is 77.9 Å². The quantitative estimate of drug-likeness (QED) is 0.118. The van der Waals surface area contributed by atoms with Crippen LogP contribution in [0.2, 0.25) is 6.82 Å². The normalized spacial score (nSPS) is 13.9. The summed E-state index contributed by atoms with van der Waals surface area (Å²) in [7, 11) is 0. The molecule has 9 aromatic carbocycles. The predicted octanol–water partition coefficient (Wildman–Crippen LogP) is 14.9. The largest absolute Gasteiger partial charge is 0.509 e. The molecule has 14 rings (SSSR count). The van der Waals surface area contributed by atoms with E-state index in [2.05, 4.69) is 261 Å². The van der Waals surface area contributed by atoms with Gasteiger partial charge < -0.3 is 19.1 Å². The van der Waals surface area contributed by atoms with Gasteiger partial charge in [-0.3, -0.25) is 0 Å². The Morgan fingerprint density at radius 2 is 1.14 bits per heavy atom. The molecule has 11 aromatic rings. The minimum Gasteiger partial charge on any atom is -0.509 e. The number of para-hydroxylation sites is 3. The second kappa shape index (κ2) is 17.1. The van der Waals surface area contributed by atoms with Crippen molar-refractivity contribution in [3.63, 3.8) is 0 Å². The number of pyridine rings is 1. The summed E-state index contributed by atoms with van der Waals surface area (Å²) < 4.78 is 9.47. The van der Waals surface area contributed by atoms with Gasteiger partial charge in [0.25, 0.3) is 0 Å². The van der Waals surface area contributed by atoms with E-state index in [1.165, 1.54) is 49.5 Å². The molecule has 0 saturated carbocycles. The minimum absolute atomic E-state index is 0. The van der Waals surface area contributed by atoms with Crippen LogP contribution >= 0.6 is 0 Å². The van der Waals surface area contributed by atoms with Crippen LogP contribution < -0.4 is 25.5 Å². The summed E-state index contributed by atoms with van der Waals surface area (Å²) in [6.07, 6.45) is 1.94. The standard InChI is InChI=1S/C66H48BN4O.Pt/c1-65(2,3)45-36-37-68-61(38-45)71-59-35-19-30-53-62(59)63-54(66(53)51-28-11-13-31-55(51)67(4)56-32-14-12-29-52(56)66)40-48(41-60(63)71)72-47-25-17-24-46(39-47)69-42-70(58-34-16-15-33-57(58)69)64-49(43-20-7-5-8-21-43)26-18-27-50(64)44-22-9-6-10-23-44;/h5-38,40,42H,1-4H3;/q-3;. The fourth-order valence-corrected chi connectivity index (χ4v) is 12.2. The van der Waals surface area contributed by atoms with Gasteiger partial charge in [-0.05, 0) is 74.5 Å². The van der Waals surface area contributed by atoms with E-state index >= 15 is 0 Å². The molecule has 2 aliphatic heterocycles. The first kappa shape index (κ1) is 45.0. The van der Waals surface area contributed by atoms with E-state index in [1.54, 1.807) is 0 Å². The van der Waals surface area contributed by atoms with Gasteiger partial charge in [-0.2, -0.15) is 6.07 Å². The Balaban J connectivity index is 0.00000516. The monoisotopic (exact) mass is 1120 g/mol. The number of benzene rings is 9. The van der Waals surface area contributed by atoms with Crippen LogP contribution in [0.3, 0.4) is 0 Å². The van der Waals surface area contributed by atoms with Crippen molar-refractivity contribution in [1.29, 1.82) is 0 Å². The molecule has 0 radical (unpaired) electrons. The van der Waals surface area contributed by atoms with Gasteiger partial charge in [-0.15, -0.1) is 48.3 Å². The fraction of sp³-hybridized carbons (Fsp3) is 0.0909. The number of aromatic nitrogens is 2. The SMILES string of the molecule is CB1c2ccccc2C2(c3ccccc31)c1cc(Oc3[c-]c(N4[CH-]N(c5c(-c6ccccc6)cccc5-c5ccccc5)c5ccccc54)ccc3)[c-]c3c1c1c2cccc1n3-c1cc(C(C)(C)C)ccn1.[Pt]. The Morgan fingerprint density at radius 1 is 0.548 bits per heavy atom. The summed E-state index contributed by atoms with van der Waals surface area (Å²) in [6, 6.07) is 81.9. The van der Waals surface area contributed by atoms with Crippen molar-refractivity contribution in [3.05, 3.63) is 259 Å². The third kappa shape index (κ3) is 6.76. The van der Waals surface area contributed by atoms with E-state index in [9.17, 15) is 0 Å². The average Bonchev–Trinajstić information content (AvgIpc) is 4.08. The van der Waals surface area contributed by atoms with E-state index < -0.39 is 5.41 Å². The summed E-state index contributed by atoms with van der Waals surface area (Å²) in [5.74, 6) is 2.07. The third-order valence-corrected chi connectivity index (χ3v) is 15.4. The first-order chi connectivity index (χ1) is 35.3. The van der Waals surface area contributed by atoms with Gasteiger partial charge in [-0.1, -0.05) is 201 Å². The first-order valence-corrected chi connectivity index (χ1v) is 24.9. The molecule has 7 heteroatoms. The van der Waals surface area contributed by atoms with Crippen LogP contribution in [-0.2, 0) is 31.9 Å². The zero-order valence-electron chi connectivity index (χ0n) is 40.9. The molecular weight excluding hydrogens is 1070 g/mol. The molecule has 73 heavy (non-hydrogen) atoms. The van der Waals surface area contributed by atoms with E-state index in [0.29, 0.717) is 11.5 Å². The molecule has 2 aromatic heterocycles. The van der Waals surface area contributed by atoms with Gasteiger partial charge in [0.05, 0.1) is 0 Å². The Labute approximate surface area is 441 Å². The number of rotatable bonds is 7. The number of hydrogen-bond donors (Lipinski definition) is 0. The molecule has 0 fully saturated rings. The Kier molecular flexibility index (Phi) is 10.5. The third-order valence-electron chi connectivity index (χ3n) is 15.4. The summed E-state index contributed by atoms with van der Waals surface area (Å²) >= 11 is 0. The summed E-state index contributed by atoms with van der Waals surface area (Å²) in [5.41, 5.74) is 19.0. The molecule has 0 atom stereocenters. The summed E-state index contributed by atoms with van der Waals surface area (Å²) in [4.78, 5) is 9.63. The summed E-state index contributed by atoms with van der Waals surface area (Å²) in [5, 5.41) is 2.42. The van der Waals surface area contributed by atoms with Crippen LogP contribution in [-0.4, -0.2) is 16.3 Å². The van der Waals surface area contributed by atoms with E-state index in [1.807, 2.05) is 12.3 Å². The number of nitrogens with zero attached hydrogens (tertiary/aromatic N) is 4. The second-order valence-corrected chi connectivity index (χ2v) is 20.4. The van der Waals surface area contributed by atoms with Crippen molar-refractivity contribution in [1.82, 2.24) is 9.55 Å². The van der Waals surface area contributed by atoms with Crippen LogP contribution in [0.25, 0.3) is 49.9 Å². The zero-order valence-corrected chi connectivity index (χ0v) is 43.1. The van der Waals surface area contributed by atoms with Crippen molar-refractivity contribution < 1.29 is 25.8 Å². The maximum absolute atomic E-state index is 7.17. The number of ether oxygens (including phenoxy) is 1. The van der Waals surface area contributed by atoms with Gasteiger partial charge in [0.15, 0.2) is 0 Å². The fourth-order valence-electron chi connectivity index (χ4n) is 12.2. The molecule has 0 unspecified atom stereocenters. The van der Waals surface area contributed by atoms with Crippen molar-refractivity contribution in [2.75, 3.05) is 9.80 Å². The Bertz CT molecular complexity index is 3870. The van der Waals surface area contributed by atoms with E-state index in [4.69, 9.17) is 9.72 Å². The van der Waals surface area contributed by atoms with Gasteiger partial charge in [0.2, 0.25) is 6.71 Å². The smallest absolute Gasteiger partial charge is 0.207 e. The predicted molar refractivity (Wildman–Crippen MR) is 297 cm³/mol. The summed E-state index contributed by atoms with van der Waals surface area (Å²) in [6.45, 7) is 11.5. The van der Waals surface area contributed by atoms with Crippen molar-refractivity contribution >= 4 is 62.2 Å². The molecule has 4 heterocycles. The minimum atomic E-state index is -0.590. The van der Waals surface area contributed by atoms with E-state index in [-0.39, 0.29) is 33.2 Å². The van der Waals surface area contributed by atoms with Gasteiger partial charge in [0.1, 0.15) is 5.82 Å². The molecule has 0 bridgehead atoms. The van der Waals surface area contributed by atoms with Crippen molar-refractivity contribution in [2.45, 2.75) is 38.4 Å². The molecule has 1 aliphatic carbocycles. The topological polar surface area (TPSA) is 33.5 Å². The molecular formula is C66H48BN4OPt-3. The number of fused-ring (bicyclic) bond motifs is 7. The van der Waals surface area contributed by atoms with Crippen molar-refractivity contribution in [2.24, 2.45) is 0 Å². The van der Waals surface area contributed by atoms with Crippen LogP contribution in [0.1, 0.15) is 48.6 Å². The molecule has 354 valence electrons. The number of hydrogen-bond acceptors (Lipinski definition) is 4. The average molecular weight is 1120 g/mol. The maximum atomic E-state index is 7.17. The maximum Gasteiger partial charge on any atom is 0.207 e. The molecule has 1 spiro atoms. The molecule has 0 saturated heterocycles. The van der Waals surface area contributed by atoms with Crippen LogP contribution in [0, 0.1) is 18.8 Å². The first-order valence-electron chi connectivity index (χ1n) is 24.9. The molecule has 0 N–H and O–H groups in total. The van der Waals surface area contributed by atoms with Crippen LogP contribution in [0.15, 0.2) is 212 Å². The van der Waals surface area contributed by atoms with Gasteiger partial charge >= 0.3 is 0 Å². The van der Waals surface area contributed by atoms with Gasteiger partial charge in [-0.25, -0.2) is 4.98 Å². The second-order valence-electron chi connectivity index (χ2n) is 20.4. The Morgan fingerprint density at radius 3 is 1.81 bits per heavy atom. The molecule has 0 amide bonds. The number of anilines is 4. The van der Waals surface area contributed by atoms with Crippen LogP contribution in [0.5, 0.6) is 11.5 Å². The molecule has 5 nitrogen and oxygen atoms in total.